The van der Waals surface area contributed by atoms with Gasteiger partial charge in [-0.3, -0.25) is 19.3 Å². The molecule has 5 rings (SSSR count). The molecule has 0 unspecified atom stereocenters. The fourth-order valence-electron chi connectivity index (χ4n) is 3.38. The first-order valence-corrected chi connectivity index (χ1v) is 10.3. The van der Waals surface area contributed by atoms with Gasteiger partial charge in [0.15, 0.2) is 4.77 Å². The second-order valence-electron chi connectivity index (χ2n) is 7.16. The molecule has 0 saturated carbocycles. The molecule has 0 radical (unpaired) electrons. The smallest absolute Gasteiger partial charge is 0.262 e. The van der Waals surface area contributed by atoms with Gasteiger partial charge in [-0.1, -0.05) is 30.3 Å². The molecule has 3 N–H and O–H groups in total. The highest BCUT2D eigenvalue weighted by Gasteiger charge is 2.11. The van der Waals surface area contributed by atoms with Gasteiger partial charge in [0.1, 0.15) is 5.56 Å². The summed E-state index contributed by atoms with van der Waals surface area (Å²) in [5.74, 6) is 0.229. The van der Waals surface area contributed by atoms with Crippen molar-refractivity contribution in [1.29, 1.82) is 0 Å². The zero-order chi connectivity index (χ0) is 22.8. The molecule has 0 atom stereocenters. The highest BCUT2D eigenvalue weighted by Crippen LogP contribution is 2.15. The minimum Gasteiger partial charge on any atom is -0.494 e. The van der Waals surface area contributed by atoms with E-state index in [4.69, 9.17) is 12.2 Å². The molecule has 0 fully saturated rings. The molecule has 1 aromatic carbocycles. The van der Waals surface area contributed by atoms with Crippen molar-refractivity contribution >= 4 is 24.1 Å². The minimum atomic E-state index is -0.479. The molecule has 4 aromatic rings. The highest BCUT2D eigenvalue weighted by atomic mass is 32.1. The number of nitrogens with one attached hydrogen (secondary N) is 2. The maximum Gasteiger partial charge on any atom is 0.262 e. The van der Waals surface area contributed by atoms with Crippen LogP contribution in [0.2, 0.25) is 0 Å². The molecule has 0 aliphatic carbocycles. The summed E-state index contributed by atoms with van der Waals surface area (Å²) in [7, 11) is 0. The van der Waals surface area contributed by atoms with E-state index < -0.39 is 5.56 Å². The molecule has 162 valence electrons. The number of aromatic nitrogens is 4. The third-order valence-corrected chi connectivity index (χ3v) is 5.36. The van der Waals surface area contributed by atoms with Crippen molar-refractivity contribution in [3.05, 3.63) is 108 Å². The van der Waals surface area contributed by atoms with Crippen molar-refractivity contribution < 1.29 is 5.11 Å². The Bertz CT molecular complexity index is 1710. The molecule has 11 heteroatoms. The van der Waals surface area contributed by atoms with E-state index in [2.05, 4.69) is 35.6 Å². The van der Waals surface area contributed by atoms with Gasteiger partial charge in [-0.05, 0) is 58.2 Å². The summed E-state index contributed by atoms with van der Waals surface area (Å²) in [5, 5.41) is 28.7. The quantitative estimate of drug-likeness (QED) is 0.408. The van der Waals surface area contributed by atoms with E-state index in [0.29, 0.717) is 16.9 Å². The summed E-state index contributed by atoms with van der Waals surface area (Å²) in [6.45, 7) is 0.226. The Hall–Kier alpha value is -4.51. The monoisotopic (exact) mass is 456 g/mol. The number of H-pyrrole nitrogens is 2. The van der Waals surface area contributed by atoms with Gasteiger partial charge in [0, 0.05) is 22.1 Å². The van der Waals surface area contributed by atoms with Crippen molar-refractivity contribution in [2.45, 2.75) is 6.54 Å². The summed E-state index contributed by atoms with van der Waals surface area (Å²) >= 11 is 5.24. The van der Waals surface area contributed by atoms with Crippen LogP contribution in [0.25, 0.3) is 11.9 Å². The van der Waals surface area contributed by atoms with Gasteiger partial charge in [0.25, 0.3) is 5.56 Å². The standard InChI is InChI=1S/C22H16N8O2S/c31-20-17(21(32)30(22(33)25-20)12-16-3-1-2-10-23-16)11-15-8-9-18(24-15)13-4-6-14(7-5-13)19-26-28-29-27-19/h1-11,24,32H,12H2,(H,25,31,33)/b15-11+. The lowest BCUT2D eigenvalue weighted by atomic mass is 10.2. The number of aromatic amines is 2. The van der Waals surface area contributed by atoms with E-state index >= 15 is 0 Å². The van der Waals surface area contributed by atoms with E-state index in [1.807, 2.05) is 48.5 Å². The Morgan fingerprint density at radius 2 is 1.73 bits per heavy atom. The van der Waals surface area contributed by atoms with Crippen LogP contribution in [0.15, 0.2) is 86.3 Å². The molecule has 0 bridgehead atoms. The van der Waals surface area contributed by atoms with E-state index in [-0.39, 0.29) is 22.8 Å². The lowest BCUT2D eigenvalue weighted by Gasteiger charge is -2.10. The van der Waals surface area contributed by atoms with E-state index in [0.717, 1.165) is 15.8 Å². The van der Waals surface area contributed by atoms with E-state index in [1.54, 1.807) is 18.3 Å². The lowest BCUT2D eigenvalue weighted by Crippen LogP contribution is -2.19. The third kappa shape index (κ3) is 4.16. The molecule has 1 aliphatic rings. The van der Waals surface area contributed by atoms with Gasteiger partial charge in [0.2, 0.25) is 11.7 Å². The Morgan fingerprint density at radius 3 is 2.45 bits per heavy atom. The van der Waals surface area contributed by atoms with Gasteiger partial charge >= 0.3 is 0 Å². The van der Waals surface area contributed by atoms with E-state index in [1.165, 1.54) is 4.57 Å². The zero-order valence-electron chi connectivity index (χ0n) is 17.0. The number of pyridine rings is 1. The number of hydrogen-bond donors (Lipinski definition) is 3. The molecule has 33 heavy (non-hydrogen) atoms. The summed E-state index contributed by atoms with van der Waals surface area (Å²) in [6, 6.07) is 16.7. The van der Waals surface area contributed by atoms with Crippen LogP contribution in [0.3, 0.4) is 0 Å². The zero-order valence-corrected chi connectivity index (χ0v) is 17.8. The predicted molar refractivity (Wildman–Crippen MR) is 122 cm³/mol. The molecule has 4 heterocycles. The van der Waals surface area contributed by atoms with Crippen molar-refractivity contribution in [1.82, 2.24) is 19.5 Å². The van der Waals surface area contributed by atoms with Crippen molar-refractivity contribution in [3.63, 3.8) is 0 Å². The van der Waals surface area contributed by atoms with Crippen LogP contribution < -0.4 is 16.1 Å². The largest absolute Gasteiger partial charge is 0.494 e. The van der Waals surface area contributed by atoms with Crippen LogP contribution in [0.5, 0.6) is 5.88 Å². The number of aromatic hydroxyl groups is 1. The van der Waals surface area contributed by atoms with Crippen LogP contribution in [-0.4, -0.2) is 24.6 Å². The molecular weight excluding hydrogens is 440 g/mol. The Morgan fingerprint density at radius 1 is 0.970 bits per heavy atom. The first-order chi connectivity index (χ1) is 16.1. The third-order valence-electron chi connectivity index (χ3n) is 5.03. The average molecular weight is 456 g/mol. The van der Waals surface area contributed by atoms with Crippen LogP contribution in [0.1, 0.15) is 11.3 Å². The van der Waals surface area contributed by atoms with E-state index in [9.17, 15) is 9.90 Å². The molecule has 1 aliphatic heterocycles. The number of hydrogen-bond acceptors (Lipinski definition) is 8. The van der Waals surface area contributed by atoms with Gasteiger partial charge in [0.05, 0.1) is 12.2 Å². The molecule has 10 nitrogen and oxygen atoms in total. The molecule has 0 saturated heterocycles. The summed E-state index contributed by atoms with van der Waals surface area (Å²) in [4.78, 5) is 22.6. The second kappa shape index (κ2) is 8.55. The molecule has 0 spiro atoms. The van der Waals surface area contributed by atoms with Crippen LogP contribution in [0, 0.1) is 15.3 Å². The van der Waals surface area contributed by atoms with Crippen LogP contribution >= 0.6 is 12.2 Å². The summed E-state index contributed by atoms with van der Waals surface area (Å²) < 4.78 is 1.55. The number of benzene rings is 1. The maximum absolute atomic E-state index is 12.5. The Balaban J connectivity index is 1.58. The first kappa shape index (κ1) is 20.4. The average Bonchev–Trinajstić information content (AvgIpc) is 3.53. The van der Waals surface area contributed by atoms with Gasteiger partial charge in [-0.2, -0.15) is 0 Å². The topological polar surface area (TPSA) is 136 Å². The van der Waals surface area contributed by atoms with Crippen molar-refractivity contribution in [3.8, 4) is 5.88 Å². The molecule has 3 aromatic heterocycles. The van der Waals surface area contributed by atoms with Gasteiger partial charge in [-0.25, -0.2) is 0 Å². The Labute approximate surface area is 190 Å². The van der Waals surface area contributed by atoms with Crippen molar-refractivity contribution in [2.24, 2.45) is 20.7 Å². The summed E-state index contributed by atoms with van der Waals surface area (Å²) in [6.07, 6.45) is 3.23. The van der Waals surface area contributed by atoms with Gasteiger partial charge < -0.3 is 10.1 Å². The number of nitrogens with zero attached hydrogens (tertiary/aromatic N) is 6. The van der Waals surface area contributed by atoms with Gasteiger partial charge in [-0.15, -0.1) is 10.2 Å². The SMILES string of the molecule is O=c1[nH]c(=S)n(Cc2ccccn2)c(O)c1/C=c1\ccc(=c2ccc(=C3N=NN=N3)cc2)[nH]1. The Kier molecular flexibility index (Phi) is 5.29. The first-order valence-electron chi connectivity index (χ1n) is 9.88. The summed E-state index contributed by atoms with van der Waals surface area (Å²) in [5.41, 5.74) is 0.315. The maximum atomic E-state index is 12.5. The van der Waals surface area contributed by atoms with Crippen molar-refractivity contribution in [2.75, 3.05) is 0 Å². The fraction of sp³-hybridized carbons (Fsp3) is 0.0455. The fourth-order valence-corrected chi connectivity index (χ4v) is 3.63. The second-order valence-corrected chi connectivity index (χ2v) is 7.54. The van der Waals surface area contributed by atoms with Crippen LogP contribution in [-0.2, 0) is 6.54 Å². The normalized spacial score (nSPS) is 13.2. The minimum absolute atomic E-state index is 0.0941. The highest BCUT2D eigenvalue weighted by molar-refractivity contribution is 7.71. The predicted octanol–water partition coefficient (Wildman–Crippen LogP) is 2.40. The molecular formula is C22H16N8O2S. The molecule has 0 amide bonds. The number of rotatable bonds is 3. The lowest BCUT2D eigenvalue weighted by molar-refractivity contribution is 0.410. The van der Waals surface area contributed by atoms with Crippen LogP contribution in [0.4, 0.5) is 0 Å².